The predicted octanol–water partition coefficient (Wildman–Crippen LogP) is 1.000. The van der Waals surface area contributed by atoms with Crippen LogP contribution in [0.15, 0.2) is 12.1 Å². The summed E-state index contributed by atoms with van der Waals surface area (Å²) in [5.74, 6) is 2.13. The SMILES string of the molecule is COc1cc(OC)c2c(c1)OCC(O)C2. The van der Waals surface area contributed by atoms with E-state index in [0.29, 0.717) is 24.5 Å². The van der Waals surface area contributed by atoms with E-state index in [4.69, 9.17) is 14.2 Å². The van der Waals surface area contributed by atoms with E-state index in [1.165, 1.54) is 0 Å². The van der Waals surface area contributed by atoms with Crippen LogP contribution in [0.3, 0.4) is 0 Å². The number of benzene rings is 1. The lowest BCUT2D eigenvalue weighted by molar-refractivity contribution is 0.0906. The van der Waals surface area contributed by atoms with Gasteiger partial charge in [-0.1, -0.05) is 0 Å². The lowest BCUT2D eigenvalue weighted by atomic mass is 10.0. The number of hydrogen-bond donors (Lipinski definition) is 1. The lowest BCUT2D eigenvalue weighted by Gasteiger charge is -2.24. The van der Waals surface area contributed by atoms with Crippen LogP contribution in [0.5, 0.6) is 17.2 Å². The third-order valence-electron chi connectivity index (χ3n) is 2.47. The summed E-state index contributed by atoms with van der Waals surface area (Å²) in [6.45, 7) is 0.323. The van der Waals surface area contributed by atoms with E-state index in [9.17, 15) is 5.11 Å². The second-order valence-electron chi connectivity index (χ2n) is 3.48. The third kappa shape index (κ3) is 1.85. The molecule has 1 unspecified atom stereocenters. The van der Waals surface area contributed by atoms with Gasteiger partial charge in [0.1, 0.15) is 23.9 Å². The molecule has 2 rings (SSSR count). The topological polar surface area (TPSA) is 47.9 Å². The number of fused-ring (bicyclic) bond motifs is 1. The van der Waals surface area contributed by atoms with Crippen molar-refractivity contribution in [2.24, 2.45) is 0 Å². The highest BCUT2D eigenvalue weighted by Gasteiger charge is 2.22. The molecule has 4 nitrogen and oxygen atoms in total. The molecule has 0 aromatic heterocycles. The fourth-order valence-corrected chi connectivity index (χ4v) is 1.71. The zero-order valence-electron chi connectivity index (χ0n) is 8.82. The quantitative estimate of drug-likeness (QED) is 0.791. The van der Waals surface area contributed by atoms with Crippen LogP contribution in [0, 0.1) is 0 Å². The second-order valence-corrected chi connectivity index (χ2v) is 3.48. The first-order chi connectivity index (χ1) is 7.24. The number of aliphatic hydroxyl groups is 1. The molecule has 1 aliphatic heterocycles. The number of methoxy groups -OCH3 is 2. The van der Waals surface area contributed by atoms with Crippen molar-refractivity contribution in [3.05, 3.63) is 17.7 Å². The molecule has 1 aliphatic rings. The molecule has 1 heterocycles. The third-order valence-corrected chi connectivity index (χ3v) is 2.47. The fraction of sp³-hybridized carbons (Fsp3) is 0.455. The molecular formula is C11H14O4. The van der Waals surface area contributed by atoms with Gasteiger partial charge in [0.15, 0.2) is 0 Å². The van der Waals surface area contributed by atoms with Gasteiger partial charge in [-0.2, -0.15) is 0 Å². The Morgan fingerprint density at radius 2 is 2.13 bits per heavy atom. The molecule has 82 valence electrons. The van der Waals surface area contributed by atoms with E-state index >= 15 is 0 Å². The van der Waals surface area contributed by atoms with Gasteiger partial charge in [-0.3, -0.25) is 0 Å². The molecule has 0 fully saturated rings. The van der Waals surface area contributed by atoms with Crippen LogP contribution in [0.1, 0.15) is 5.56 Å². The number of ether oxygens (including phenoxy) is 3. The van der Waals surface area contributed by atoms with Crippen molar-refractivity contribution in [2.45, 2.75) is 12.5 Å². The van der Waals surface area contributed by atoms with Gasteiger partial charge in [-0.05, 0) is 0 Å². The molecule has 0 aliphatic carbocycles. The molecule has 0 bridgehead atoms. The predicted molar refractivity (Wildman–Crippen MR) is 54.8 cm³/mol. The maximum absolute atomic E-state index is 9.49. The van der Waals surface area contributed by atoms with Crippen LogP contribution in [-0.4, -0.2) is 32.0 Å². The molecule has 4 heteroatoms. The highest BCUT2D eigenvalue weighted by atomic mass is 16.5. The largest absolute Gasteiger partial charge is 0.496 e. The second kappa shape index (κ2) is 3.98. The smallest absolute Gasteiger partial charge is 0.130 e. The highest BCUT2D eigenvalue weighted by molar-refractivity contribution is 5.51. The van der Waals surface area contributed by atoms with Gasteiger partial charge < -0.3 is 19.3 Å². The summed E-state index contributed by atoms with van der Waals surface area (Å²) in [4.78, 5) is 0. The normalized spacial score (nSPS) is 19.0. The average molecular weight is 210 g/mol. The first kappa shape index (κ1) is 10.1. The van der Waals surface area contributed by atoms with Crippen molar-refractivity contribution in [2.75, 3.05) is 20.8 Å². The van der Waals surface area contributed by atoms with Crippen molar-refractivity contribution in [1.82, 2.24) is 0 Å². The zero-order valence-corrected chi connectivity index (χ0v) is 8.82. The van der Waals surface area contributed by atoms with E-state index in [-0.39, 0.29) is 0 Å². The van der Waals surface area contributed by atoms with Crippen molar-refractivity contribution < 1.29 is 19.3 Å². The maximum atomic E-state index is 9.49. The Morgan fingerprint density at radius 3 is 2.80 bits per heavy atom. The van der Waals surface area contributed by atoms with E-state index in [0.717, 1.165) is 11.3 Å². The number of rotatable bonds is 2. The molecule has 1 atom stereocenters. The van der Waals surface area contributed by atoms with Crippen LogP contribution in [0.2, 0.25) is 0 Å². The molecule has 0 spiro atoms. The molecule has 0 amide bonds. The van der Waals surface area contributed by atoms with Gasteiger partial charge in [0, 0.05) is 24.1 Å². The first-order valence-electron chi connectivity index (χ1n) is 4.80. The molecule has 1 aromatic rings. The van der Waals surface area contributed by atoms with Crippen LogP contribution in [0.25, 0.3) is 0 Å². The van der Waals surface area contributed by atoms with Gasteiger partial charge >= 0.3 is 0 Å². The van der Waals surface area contributed by atoms with Gasteiger partial charge in [0.25, 0.3) is 0 Å². The highest BCUT2D eigenvalue weighted by Crippen LogP contribution is 2.37. The molecule has 0 saturated carbocycles. The average Bonchev–Trinajstić information content (AvgIpc) is 2.27. The van der Waals surface area contributed by atoms with Crippen LogP contribution in [0.4, 0.5) is 0 Å². The Bertz CT molecular complexity index is 345. The Morgan fingerprint density at radius 1 is 1.33 bits per heavy atom. The fourth-order valence-electron chi connectivity index (χ4n) is 1.71. The Balaban J connectivity index is 2.44. The van der Waals surface area contributed by atoms with Crippen LogP contribution >= 0.6 is 0 Å². The molecule has 1 N–H and O–H groups in total. The number of aliphatic hydroxyl groups excluding tert-OH is 1. The van der Waals surface area contributed by atoms with Gasteiger partial charge in [-0.25, -0.2) is 0 Å². The summed E-state index contributed by atoms with van der Waals surface area (Å²) in [7, 11) is 3.19. The summed E-state index contributed by atoms with van der Waals surface area (Å²) in [6.07, 6.45) is 0.0995. The lowest BCUT2D eigenvalue weighted by Crippen LogP contribution is -2.25. The van der Waals surface area contributed by atoms with Crippen molar-refractivity contribution >= 4 is 0 Å². The standard InChI is InChI=1S/C11H14O4/c1-13-8-4-10(14-2)9-3-7(12)6-15-11(9)5-8/h4-5,7,12H,3,6H2,1-2H3. The van der Waals surface area contributed by atoms with Crippen molar-refractivity contribution in [1.29, 1.82) is 0 Å². The Labute approximate surface area is 88.4 Å². The zero-order chi connectivity index (χ0) is 10.8. The maximum Gasteiger partial charge on any atom is 0.130 e. The molecule has 1 aromatic carbocycles. The van der Waals surface area contributed by atoms with E-state index in [2.05, 4.69) is 0 Å². The minimum Gasteiger partial charge on any atom is -0.496 e. The molecular weight excluding hydrogens is 196 g/mol. The molecule has 0 radical (unpaired) electrons. The summed E-state index contributed by atoms with van der Waals surface area (Å²) in [5, 5.41) is 9.49. The molecule has 0 saturated heterocycles. The van der Waals surface area contributed by atoms with Gasteiger partial charge in [-0.15, -0.1) is 0 Å². The van der Waals surface area contributed by atoms with Crippen LogP contribution < -0.4 is 14.2 Å². The van der Waals surface area contributed by atoms with Gasteiger partial charge in [0.2, 0.25) is 0 Å². The van der Waals surface area contributed by atoms with E-state index in [1.54, 1.807) is 20.3 Å². The summed E-state index contributed by atoms with van der Waals surface area (Å²) < 4.78 is 15.8. The van der Waals surface area contributed by atoms with Crippen LogP contribution in [-0.2, 0) is 6.42 Å². The number of hydrogen-bond acceptors (Lipinski definition) is 4. The van der Waals surface area contributed by atoms with Crippen molar-refractivity contribution in [3.8, 4) is 17.2 Å². The van der Waals surface area contributed by atoms with E-state index < -0.39 is 6.10 Å². The minimum atomic E-state index is -0.459. The Kier molecular flexibility index (Phi) is 2.68. The molecule has 15 heavy (non-hydrogen) atoms. The summed E-state index contributed by atoms with van der Waals surface area (Å²) >= 11 is 0. The minimum absolute atomic E-state index is 0.323. The van der Waals surface area contributed by atoms with Gasteiger partial charge in [0.05, 0.1) is 20.3 Å². The first-order valence-corrected chi connectivity index (χ1v) is 4.80. The van der Waals surface area contributed by atoms with E-state index in [1.807, 2.05) is 6.07 Å². The monoisotopic (exact) mass is 210 g/mol. The van der Waals surface area contributed by atoms with Crippen molar-refractivity contribution in [3.63, 3.8) is 0 Å². The summed E-state index contributed by atoms with van der Waals surface area (Å²) in [6, 6.07) is 3.60. The Hall–Kier alpha value is -1.42. The summed E-state index contributed by atoms with van der Waals surface area (Å²) in [5.41, 5.74) is 0.900.